The van der Waals surface area contributed by atoms with Crippen LogP contribution in [0.5, 0.6) is 0 Å². The highest BCUT2D eigenvalue weighted by molar-refractivity contribution is 7.89. The van der Waals surface area contributed by atoms with Crippen LogP contribution in [0.4, 0.5) is 0 Å². The van der Waals surface area contributed by atoms with Crippen molar-refractivity contribution >= 4 is 33.2 Å². The number of likely N-dealkylation sites (tertiary alicyclic amines) is 1. The Morgan fingerprint density at radius 2 is 1.72 bits per heavy atom. The quantitative estimate of drug-likeness (QED) is 0.843. The van der Waals surface area contributed by atoms with E-state index in [9.17, 15) is 18.0 Å². The predicted molar refractivity (Wildman–Crippen MR) is 94.8 cm³/mol. The van der Waals surface area contributed by atoms with Crippen molar-refractivity contribution in [3.05, 3.63) is 16.3 Å². The van der Waals surface area contributed by atoms with Crippen LogP contribution in [0.25, 0.3) is 0 Å². The highest BCUT2D eigenvalue weighted by atomic mass is 32.2. The van der Waals surface area contributed by atoms with Crippen molar-refractivity contribution in [2.45, 2.75) is 37.0 Å². The Labute approximate surface area is 151 Å². The van der Waals surface area contributed by atoms with E-state index in [1.807, 2.05) is 0 Å². The highest BCUT2D eigenvalue weighted by Gasteiger charge is 2.34. The van der Waals surface area contributed by atoms with Gasteiger partial charge in [0.25, 0.3) is 5.91 Å². The number of thiophene rings is 1. The molecule has 138 valence electrons. The summed E-state index contributed by atoms with van der Waals surface area (Å²) in [5.74, 6) is -0.811. The van der Waals surface area contributed by atoms with Crippen LogP contribution in [0.3, 0.4) is 0 Å². The lowest BCUT2D eigenvalue weighted by molar-refractivity contribution is -0.123. The van der Waals surface area contributed by atoms with Gasteiger partial charge in [-0.1, -0.05) is 6.42 Å². The second-order valence-corrected chi connectivity index (χ2v) is 9.37. The molecule has 0 atom stereocenters. The fraction of sp³-hybridized carbons (Fsp3) is 0.625. The molecule has 2 amide bonds. The molecule has 2 fully saturated rings. The van der Waals surface area contributed by atoms with E-state index in [4.69, 9.17) is 5.73 Å². The lowest BCUT2D eigenvalue weighted by Gasteiger charge is -2.31. The topological polar surface area (TPSA) is 101 Å². The summed E-state index contributed by atoms with van der Waals surface area (Å²) in [6, 6.07) is 1.53. The van der Waals surface area contributed by atoms with Gasteiger partial charge in [-0.3, -0.25) is 9.59 Å². The van der Waals surface area contributed by atoms with Crippen LogP contribution in [-0.2, 0) is 14.8 Å². The number of primary amides is 1. The zero-order chi connectivity index (χ0) is 18.0. The second kappa shape index (κ2) is 7.43. The maximum atomic E-state index is 12.9. The van der Waals surface area contributed by atoms with Gasteiger partial charge in [-0.15, -0.1) is 11.3 Å². The van der Waals surface area contributed by atoms with Crippen LogP contribution in [0.1, 0.15) is 41.8 Å². The summed E-state index contributed by atoms with van der Waals surface area (Å²) in [4.78, 5) is 26.1. The molecule has 0 saturated carbocycles. The monoisotopic (exact) mass is 385 g/mol. The normalized spacial score (nSPS) is 20.6. The first kappa shape index (κ1) is 18.3. The maximum absolute atomic E-state index is 12.9. The first-order valence-electron chi connectivity index (χ1n) is 8.57. The first-order valence-corrected chi connectivity index (χ1v) is 10.9. The number of amides is 2. The van der Waals surface area contributed by atoms with E-state index in [-0.39, 0.29) is 27.5 Å². The SMILES string of the molecule is NC(=O)C1CCN(C(=O)c2sccc2S(=O)(=O)N2CCCCC2)CC1. The number of rotatable bonds is 4. The van der Waals surface area contributed by atoms with Gasteiger partial charge < -0.3 is 10.6 Å². The van der Waals surface area contributed by atoms with Crippen molar-refractivity contribution < 1.29 is 18.0 Å². The minimum atomic E-state index is -3.64. The zero-order valence-corrected chi connectivity index (χ0v) is 15.7. The summed E-state index contributed by atoms with van der Waals surface area (Å²) in [5, 5.41) is 1.65. The molecule has 9 heteroatoms. The van der Waals surface area contributed by atoms with Crippen LogP contribution in [-0.4, -0.2) is 55.6 Å². The van der Waals surface area contributed by atoms with Gasteiger partial charge in [0.1, 0.15) is 9.77 Å². The molecule has 0 aromatic carbocycles. The van der Waals surface area contributed by atoms with Crippen molar-refractivity contribution in [3.8, 4) is 0 Å². The number of piperidine rings is 2. The Hall–Kier alpha value is -1.45. The molecule has 7 nitrogen and oxygen atoms in total. The lowest BCUT2D eigenvalue weighted by Crippen LogP contribution is -2.42. The van der Waals surface area contributed by atoms with Crippen molar-refractivity contribution in [3.63, 3.8) is 0 Å². The third kappa shape index (κ3) is 3.73. The molecule has 3 rings (SSSR count). The van der Waals surface area contributed by atoms with Gasteiger partial charge in [0.05, 0.1) is 0 Å². The van der Waals surface area contributed by atoms with Gasteiger partial charge in [0.2, 0.25) is 15.9 Å². The average Bonchev–Trinajstić information content (AvgIpc) is 3.12. The number of carbonyl (C=O) groups excluding carboxylic acids is 2. The molecule has 0 unspecified atom stereocenters. The zero-order valence-electron chi connectivity index (χ0n) is 14.0. The van der Waals surface area contributed by atoms with Gasteiger partial charge in [0.15, 0.2) is 0 Å². The van der Waals surface area contributed by atoms with Gasteiger partial charge >= 0.3 is 0 Å². The third-order valence-corrected chi connectivity index (χ3v) is 7.91. The summed E-state index contributed by atoms with van der Waals surface area (Å²) in [6.07, 6.45) is 3.80. The molecule has 25 heavy (non-hydrogen) atoms. The number of nitrogens with zero attached hydrogens (tertiary/aromatic N) is 2. The largest absolute Gasteiger partial charge is 0.369 e. The molecule has 0 aliphatic carbocycles. The van der Waals surface area contributed by atoms with Crippen molar-refractivity contribution in [2.24, 2.45) is 11.7 Å². The summed E-state index contributed by atoms with van der Waals surface area (Å²) >= 11 is 1.16. The smallest absolute Gasteiger partial charge is 0.265 e. The third-order valence-electron chi connectivity index (χ3n) is 4.94. The fourth-order valence-electron chi connectivity index (χ4n) is 3.41. The summed E-state index contributed by atoms with van der Waals surface area (Å²) in [5.41, 5.74) is 5.32. The Balaban J connectivity index is 1.77. The van der Waals surface area contributed by atoms with Gasteiger partial charge in [-0.25, -0.2) is 8.42 Å². The van der Waals surface area contributed by atoms with Gasteiger partial charge in [-0.2, -0.15) is 4.31 Å². The minimum Gasteiger partial charge on any atom is -0.369 e. The van der Waals surface area contributed by atoms with Crippen molar-refractivity contribution in [1.82, 2.24) is 9.21 Å². The average molecular weight is 386 g/mol. The summed E-state index contributed by atoms with van der Waals surface area (Å²) in [7, 11) is -3.64. The molecule has 2 aliphatic rings. The molecule has 2 N–H and O–H groups in total. The number of hydrogen-bond donors (Lipinski definition) is 1. The van der Waals surface area contributed by atoms with E-state index in [0.717, 1.165) is 30.6 Å². The standard InChI is InChI=1S/C16H23N3O4S2/c17-15(20)12-4-9-18(10-5-12)16(21)14-13(6-11-24-14)25(22,23)19-7-2-1-3-8-19/h6,11-12H,1-5,7-10H2,(H2,17,20). The van der Waals surface area contributed by atoms with Crippen LogP contribution in [0.2, 0.25) is 0 Å². The highest BCUT2D eigenvalue weighted by Crippen LogP contribution is 2.29. The molecule has 0 bridgehead atoms. The fourth-order valence-corrected chi connectivity index (χ4v) is 6.29. The van der Waals surface area contributed by atoms with E-state index in [1.165, 1.54) is 10.4 Å². The number of hydrogen-bond acceptors (Lipinski definition) is 5. The number of carbonyl (C=O) groups is 2. The predicted octanol–water partition coefficient (Wildman–Crippen LogP) is 1.26. The Morgan fingerprint density at radius 1 is 1.08 bits per heavy atom. The molecule has 2 saturated heterocycles. The van der Waals surface area contributed by atoms with E-state index in [2.05, 4.69) is 0 Å². The van der Waals surface area contributed by atoms with Crippen LogP contribution >= 0.6 is 11.3 Å². The van der Waals surface area contributed by atoms with E-state index in [1.54, 1.807) is 10.3 Å². The molecule has 0 spiro atoms. The second-order valence-electron chi connectivity index (χ2n) is 6.55. The van der Waals surface area contributed by atoms with E-state index in [0.29, 0.717) is 39.0 Å². The van der Waals surface area contributed by atoms with E-state index < -0.39 is 10.0 Å². The Kier molecular flexibility index (Phi) is 5.45. The summed E-state index contributed by atoms with van der Waals surface area (Å²) < 4.78 is 27.3. The van der Waals surface area contributed by atoms with Crippen LogP contribution in [0.15, 0.2) is 16.3 Å². The lowest BCUT2D eigenvalue weighted by atomic mass is 9.96. The van der Waals surface area contributed by atoms with Crippen molar-refractivity contribution in [1.29, 1.82) is 0 Å². The molecular formula is C16H23N3O4S2. The molecule has 0 radical (unpaired) electrons. The first-order chi connectivity index (χ1) is 11.9. The minimum absolute atomic E-state index is 0.112. The van der Waals surface area contributed by atoms with Crippen LogP contribution in [0, 0.1) is 5.92 Å². The number of nitrogens with two attached hydrogens (primary N) is 1. The summed E-state index contributed by atoms with van der Waals surface area (Å²) in [6.45, 7) is 1.87. The van der Waals surface area contributed by atoms with Crippen molar-refractivity contribution in [2.75, 3.05) is 26.2 Å². The van der Waals surface area contributed by atoms with Gasteiger partial charge in [-0.05, 0) is 37.1 Å². The van der Waals surface area contributed by atoms with Crippen LogP contribution < -0.4 is 5.73 Å². The molecule has 2 aliphatic heterocycles. The molecular weight excluding hydrogens is 362 g/mol. The Morgan fingerprint density at radius 3 is 2.32 bits per heavy atom. The molecule has 1 aromatic rings. The molecule has 1 aromatic heterocycles. The maximum Gasteiger partial charge on any atom is 0.265 e. The number of sulfonamides is 1. The Bertz CT molecular complexity index is 745. The van der Waals surface area contributed by atoms with Gasteiger partial charge in [0, 0.05) is 32.1 Å². The van der Waals surface area contributed by atoms with E-state index >= 15 is 0 Å². The molecule has 3 heterocycles.